The summed E-state index contributed by atoms with van der Waals surface area (Å²) in [5.74, 6) is -21.5. The lowest BCUT2D eigenvalue weighted by Crippen LogP contribution is -2.59. The van der Waals surface area contributed by atoms with Gasteiger partial charge in [-0.1, -0.05) is 52.9 Å². The second-order valence-electron chi connectivity index (χ2n) is 7.47. The van der Waals surface area contributed by atoms with Crippen molar-refractivity contribution in [3.63, 3.8) is 0 Å². The average Bonchev–Trinajstić information content (AvgIpc) is 2.72. The van der Waals surface area contributed by atoms with Gasteiger partial charge in [-0.2, -0.15) is 26.3 Å². The second kappa shape index (κ2) is 12.6. The Balaban J connectivity index is 5.13. The minimum Gasteiger partial charge on any atom is -0.465 e. The molecule has 0 spiro atoms. The number of esters is 2. The number of carbonyl (C=O) groups excluding carboxylic acids is 2. The van der Waals surface area contributed by atoms with Crippen LogP contribution in [-0.4, -0.2) is 49.3 Å². The molecule has 0 saturated heterocycles. The van der Waals surface area contributed by atoms with E-state index in [1.165, 1.54) is 13.8 Å². The van der Waals surface area contributed by atoms with E-state index >= 15 is 0 Å². The minimum atomic E-state index is -6.51. The molecule has 190 valence electrons. The van der Waals surface area contributed by atoms with Gasteiger partial charge in [-0.15, -0.1) is 0 Å². The third-order valence-electron chi connectivity index (χ3n) is 5.26. The van der Waals surface area contributed by atoms with Crippen molar-refractivity contribution in [3.05, 3.63) is 0 Å². The summed E-state index contributed by atoms with van der Waals surface area (Å²) in [6, 6.07) is 0. The first kappa shape index (κ1) is 30.4. The van der Waals surface area contributed by atoms with E-state index in [9.17, 15) is 44.7 Å². The van der Waals surface area contributed by atoms with Gasteiger partial charge in [0, 0.05) is 0 Å². The van der Waals surface area contributed by atoms with Crippen LogP contribution in [0, 0.1) is 5.41 Å². The summed E-state index contributed by atoms with van der Waals surface area (Å²) < 4.78 is 113. The quantitative estimate of drug-likeness (QED) is 0.110. The minimum absolute atomic E-state index is 0.0746. The van der Waals surface area contributed by atoms with Crippen molar-refractivity contribution in [2.24, 2.45) is 5.41 Å². The Hall–Kier alpha value is -1.62. The van der Waals surface area contributed by atoms with Crippen LogP contribution in [0.5, 0.6) is 0 Å². The highest BCUT2D eigenvalue weighted by Gasteiger charge is 2.75. The fourth-order valence-electron chi connectivity index (χ4n) is 2.86. The fourth-order valence-corrected chi connectivity index (χ4v) is 2.86. The maximum absolute atomic E-state index is 13.6. The van der Waals surface area contributed by atoms with Crippen LogP contribution in [0.15, 0.2) is 0 Å². The number of carbonyl (C=O) groups is 2. The molecule has 32 heavy (non-hydrogen) atoms. The number of alkyl halides is 8. The summed E-state index contributed by atoms with van der Waals surface area (Å²) in [4.78, 5) is 24.7. The number of hydrogen-bond acceptors (Lipinski definition) is 4. The monoisotopic (exact) mass is 486 g/mol. The van der Waals surface area contributed by atoms with Crippen LogP contribution >= 0.6 is 0 Å². The first-order valence-electron chi connectivity index (χ1n) is 10.4. The maximum atomic E-state index is 13.6. The Bertz CT molecular complexity index is 592. The molecule has 12 heteroatoms. The molecule has 0 rings (SSSR count). The molecule has 0 heterocycles. The van der Waals surface area contributed by atoms with Gasteiger partial charge in [-0.25, -0.2) is 8.78 Å². The summed E-state index contributed by atoms with van der Waals surface area (Å²) in [6.07, 6.45) is -0.518. The van der Waals surface area contributed by atoms with E-state index in [1.807, 2.05) is 6.92 Å². The van der Waals surface area contributed by atoms with Gasteiger partial charge in [0.05, 0.1) is 6.61 Å². The highest BCUT2D eigenvalue weighted by molar-refractivity contribution is 6.00. The molecule has 4 nitrogen and oxygen atoms in total. The second-order valence-corrected chi connectivity index (χ2v) is 7.47. The standard InChI is InChI=1S/C20H30F8O4/c1-4-7-8-9-10-11-12-31-15(29)17(5-2,6-3)16(30)32-13-18(23,24)20(27,28)19(25,26)14(21)22/h14H,4-13H2,1-3H3. The first-order valence-corrected chi connectivity index (χ1v) is 10.4. The van der Waals surface area contributed by atoms with Crippen molar-refractivity contribution in [2.45, 2.75) is 96.3 Å². The Morgan fingerprint density at radius 3 is 1.69 bits per heavy atom. The normalized spacial score (nSPS) is 13.4. The van der Waals surface area contributed by atoms with Crippen molar-refractivity contribution >= 4 is 11.9 Å². The van der Waals surface area contributed by atoms with E-state index in [4.69, 9.17) is 4.74 Å². The van der Waals surface area contributed by atoms with Gasteiger partial charge < -0.3 is 9.47 Å². The highest BCUT2D eigenvalue weighted by Crippen LogP contribution is 2.48. The number of hydrogen-bond donors (Lipinski definition) is 0. The lowest BCUT2D eigenvalue weighted by Gasteiger charge is -2.33. The van der Waals surface area contributed by atoms with Crippen LogP contribution in [0.25, 0.3) is 0 Å². The smallest absolute Gasteiger partial charge is 0.381 e. The van der Waals surface area contributed by atoms with E-state index < -0.39 is 48.2 Å². The van der Waals surface area contributed by atoms with Gasteiger partial charge >= 0.3 is 36.1 Å². The molecule has 0 unspecified atom stereocenters. The van der Waals surface area contributed by atoms with Crippen LogP contribution < -0.4 is 0 Å². The van der Waals surface area contributed by atoms with Crippen molar-refractivity contribution in [1.29, 1.82) is 0 Å². The fraction of sp³-hybridized carbons (Fsp3) is 0.900. The molecule has 0 aliphatic heterocycles. The molecule has 0 aromatic carbocycles. The van der Waals surface area contributed by atoms with Crippen LogP contribution in [0.2, 0.25) is 0 Å². The number of halogens is 8. The van der Waals surface area contributed by atoms with E-state index in [-0.39, 0.29) is 19.4 Å². The molecule has 0 aromatic rings. The zero-order valence-electron chi connectivity index (χ0n) is 18.3. The molecule has 0 bridgehead atoms. The summed E-state index contributed by atoms with van der Waals surface area (Å²) in [7, 11) is 0. The predicted octanol–water partition coefficient (Wildman–Crippen LogP) is 6.41. The predicted molar refractivity (Wildman–Crippen MR) is 99.2 cm³/mol. The van der Waals surface area contributed by atoms with Crippen molar-refractivity contribution in [1.82, 2.24) is 0 Å². The van der Waals surface area contributed by atoms with Gasteiger partial charge in [0.2, 0.25) is 0 Å². The van der Waals surface area contributed by atoms with Crippen molar-refractivity contribution in [3.8, 4) is 0 Å². The highest BCUT2D eigenvalue weighted by atomic mass is 19.4. The largest absolute Gasteiger partial charge is 0.465 e. The average molecular weight is 486 g/mol. The van der Waals surface area contributed by atoms with Crippen LogP contribution in [0.1, 0.15) is 72.1 Å². The third-order valence-corrected chi connectivity index (χ3v) is 5.26. The summed E-state index contributed by atoms with van der Waals surface area (Å²) >= 11 is 0. The zero-order valence-corrected chi connectivity index (χ0v) is 18.3. The first-order chi connectivity index (χ1) is 14.7. The Kier molecular flexibility index (Phi) is 11.9. The topological polar surface area (TPSA) is 52.6 Å². The molecule has 0 aliphatic carbocycles. The van der Waals surface area contributed by atoms with Gasteiger partial charge in [0.1, 0.15) is 0 Å². The number of unbranched alkanes of at least 4 members (excludes halogenated alkanes) is 5. The van der Waals surface area contributed by atoms with Crippen molar-refractivity contribution < 1.29 is 54.2 Å². The van der Waals surface area contributed by atoms with Crippen LogP contribution in [0.4, 0.5) is 35.1 Å². The van der Waals surface area contributed by atoms with E-state index in [0.717, 1.165) is 32.1 Å². The van der Waals surface area contributed by atoms with Gasteiger partial charge in [-0.3, -0.25) is 9.59 Å². The third kappa shape index (κ3) is 6.94. The van der Waals surface area contributed by atoms with Gasteiger partial charge in [-0.05, 0) is 19.3 Å². The van der Waals surface area contributed by atoms with Crippen LogP contribution in [0.3, 0.4) is 0 Å². The molecule has 0 fully saturated rings. The van der Waals surface area contributed by atoms with E-state index in [2.05, 4.69) is 4.74 Å². The number of rotatable bonds is 16. The summed E-state index contributed by atoms with van der Waals surface area (Å²) in [6.45, 7) is 1.97. The number of ether oxygens (including phenoxy) is 2. The van der Waals surface area contributed by atoms with E-state index in [0.29, 0.717) is 6.42 Å². The Morgan fingerprint density at radius 2 is 1.22 bits per heavy atom. The van der Waals surface area contributed by atoms with Gasteiger partial charge in [0.25, 0.3) is 0 Å². The van der Waals surface area contributed by atoms with Crippen LogP contribution in [-0.2, 0) is 19.1 Å². The lowest BCUT2D eigenvalue weighted by molar-refractivity contribution is -0.344. The molecule has 0 N–H and O–H groups in total. The molecular weight excluding hydrogens is 456 g/mol. The molecule has 0 amide bonds. The molecule has 0 saturated carbocycles. The molecule has 0 aliphatic rings. The molecular formula is C20H30F8O4. The Morgan fingerprint density at radius 1 is 0.750 bits per heavy atom. The Labute approximate surface area is 182 Å². The zero-order chi connectivity index (χ0) is 25.2. The molecule has 0 aromatic heterocycles. The summed E-state index contributed by atoms with van der Waals surface area (Å²) in [5, 5.41) is 0. The van der Waals surface area contributed by atoms with Gasteiger partial charge in [0.15, 0.2) is 12.0 Å². The van der Waals surface area contributed by atoms with E-state index in [1.54, 1.807) is 0 Å². The summed E-state index contributed by atoms with van der Waals surface area (Å²) in [5.41, 5.74) is -2.13. The van der Waals surface area contributed by atoms with Crippen molar-refractivity contribution in [2.75, 3.05) is 13.2 Å². The molecule has 0 radical (unpaired) electrons. The lowest BCUT2D eigenvalue weighted by atomic mass is 9.82. The maximum Gasteiger partial charge on any atom is 0.381 e. The SMILES string of the molecule is CCCCCCCCOC(=O)C(CC)(CC)C(=O)OCC(F)(F)C(F)(F)C(F)(F)C(F)F. The molecule has 0 atom stereocenters.